The standard InChI is InChI=1S/C16H22N2O2/c1-3-20-15-7-4-14(5-8-15)6-9-16(19)18-11-10-17-12-13(18)2/h4-9,13,17H,3,10-12H2,1-2H3/b9-6+. The third-order valence-corrected chi connectivity index (χ3v) is 3.39. The predicted octanol–water partition coefficient (Wildman–Crippen LogP) is 1.92. The first kappa shape index (κ1) is 14.6. The lowest BCUT2D eigenvalue weighted by atomic mass is 10.2. The molecule has 1 heterocycles. The number of nitrogens with zero attached hydrogens (tertiary/aromatic N) is 1. The molecule has 0 bridgehead atoms. The van der Waals surface area contributed by atoms with Crippen LogP contribution in [0.15, 0.2) is 30.3 Å². The summed E-state index contributed by atoms with van der Waals surface area (Å²) in [7, 11) is 0. The molecular weight excluding hydrogens is 252 g/mol. The third kappa shape index (κ3) is 3.84. The molecule has 0 radical (unpaired) electrons. The monoisotopic (exact) mass is 274 g/mol. The van der Waals surface area contributed by atoms with E-state index in [1.165, 1.54) is 0 Å². The minimum absolute atomic E-state index is 0.0767. The summed E-state index contributed by atoms with van der Waals surface area (Å²) in [4.78, 5) is 14.0. The number of rotatable bonds is 4. The number of carbonyl (C=O) groups excluding carboxylic acids is 1. The van der Waals surface area contributed by atoms with Crippen molar-refractivity contribution in [1.29, 1.82) is 0 Å². The molecule has 1 saturated heterocycles. The number of ether oxygens (including phenoxy) is 1. The normalized spacial score (nSPS) is 19.3. The lowest BCUT2D eigenvalue weighted by Gasteiger charge is -2.33. The number of benzene rings is 1. The number of carbonyl (C=O) groups is 1. The number of nitrogens with one attached hydrogen (secondary N) is 1. The van der Waals surface area contributed by atoms with Crippen molar-refractivity contribution < 1.29 is 9.53 Å². The Kier molecular flexibility index (Phi) is 5.18. The van der Waals surface area contributed by atoms with Gasteiger partial charge >= 0.3 is 0 Å². The Balaban J connectivity index is 1.95. The summed E-state index contributed by atoms with van der Waals surface area (Å²) in [5.74, 6) is 0.930. The number of amides is 1. The van der Waals surface area contributed by atoms with Crippen LogP contribution in [-0.2, 0) is 4.79 Å². The fourth-order valence-corrected chi connectivity index (χ4v) is 2.27. The van der Waals surface area contributed by atoms with Gasteiger partial charge in [0.25, 0.3) is 0 Å². The Morgan fingerprint density at radius 2 is 2.20 bits per heavy atom. The van der Waals surface area contributed by atoms with Crippen molar-refractivity contribution in [2.45, 2.75) is 19.9 Å². The Hall–Kier alpha value is -1.81. The number of hydrogen-bond acceptors (Lipinski definition) is 3. The highest BCUT2D eigenvalue weighted by Crippen LogP contribution is 2.13. The third-order valence-electron chi connectivity index (χ3n) is 3.39. The molecule has 1 aliphatic heterocycles. The summed E-state index contributed by atoms with van der Waals surface area (Å²) < 4.78 is 5.39. The molecule has 2 rings (SSSR count). The van der Waals surface area contributed by atoms with E-state index in [1.54, 1.807) is 6.08 Å². The molecule has 1 aliphatic rings. The summed E-state index contributed by atoms with van der Waals surface area (Å²) in [5.41, 5.74) is 1.00. The molecular formula is C16H22N2O2. The Labute approximate surface area is 120 Å². The van der Waals surface area contributed by atoms with Gasteiger partial charge in [0.1, 0.15) is 5.75 Å². The van der Waals surface area contributed by atoms with Gasteiger partial charge in [-0.25, -0.2) is 0 Å². The molecule has 1 aromatic rings. The van der Waals surface area contributed by atoms with Gasteiger partial charge < -0.3 is 15.0 Å². The lowest BCUT2D eigenvalue weighted by Crippen LogP contribution is -2.51. The van der Waals surface area contributed by atoms with Crippen LogP contribution in [0.3, 0.4) is 0 Å². The van der Waals surface area contributed by atoms with Gasteiger partial charge in [-0.2, -0.15) is 0 Å². The van der Waals surface area contributed by atoms with E-state index in [2.05, 4.69) is 12.2 Å². The molecule has 0 spiro atoms. The largest absolute Gasteiger partial charge is 0.494 e. The highest BCUT2D eigenvalue weighted by Gasteiger charge is 2.20. The van der Waals surface area contributed by atoms with Crippen LogP contribution in [0.5, 0.6) is 5.75 Å². The summed E-state index contributed by atoms with van der Waals surface area (Å²) in [6.45, 7) is 7.19. The predicted molar refractivity (Wildman–Crippen MR) is 80.7 cm³/mol. The molecule has 1 aromatic carbocycles. The zero-order valence-electron chi connectivity index (χ0n) is 12.1. The number of piperazine rings is 1. The molecule has 1 unspecified atom stereocenters. The Bertz CT molecular complexity index is 468. The van der Waals surface area contributed by atoms with Crippen molar-refractivity contribution in [3.8, 4) is 5.75 Å². The van der Waals surface area contributed by atoms with E-state index >= 15 is 0 Å². The minimum atomic E-state index is 0.0767. The fourth-order valence-electron chi connectivity index (χ4n) is 2.27. The van der Waals surface area contributed by atoms with Crippen LogP contribution in [0, 0.1) is 0 Å². The van der Waals surface area contributed by atoms with Crippen LogP contribution in [-0.4, -0.2) is 43.1 Å². The van der Waals surface area contributed by atoms with E-state index in [9.17, 15) is 4.79 Å². The highest BCUT2D eigenvalue weighted by molar-refractivity contribution is 5.92. The van der Waals surface area contributed by atoms with Gasteiger partial charge in [-0.1, -0.05) is 12.1 Å². The minimum Gasteiger partial charge on any atom is -0.494 e. The SMILES string of the molecule is CCOc1ccc(/C=C/C(=O)N2CCNCC2C)cc1. The van der Waals surface area contributed by atoms with E-state index < -0.39 is 0 Å². The van der Waals surface area contributed by atoms with Crippen molar-refractivity contribution in [1.82, 2.24) is 10.2 Å². The van der Waals surface area contributed by atoms with Gasteiger partial charge in [0.15, 0.2) is 0 Å². The molecule has 4 nitrogen and oxygen atoms in total. The summed E-state index contributed by atoms with van der Waals surface area (Å²) in [5, 5.41) is 3.28. The Morgan fingerprint density at radius 3 is 2.85 bits per heavy atom. The highest BCUT2D eigenvalue weighted by atomic mass is 16.5. The van der Waals surface area contributed by atoms with Gasteiger partial charge in [-0.15, -0.1) is 0 Å². The molecule has 0 saturated carbocycles. The average Bonchev–Trinajstić information content (AvgIpc) is 2.47. The first-order chi connectivity index (χ1) is 9.70. The topological polar surface area (TPSA) is 41.6 Å². The van der Waals surface area contributed by atoms with Crippen molar-refractivity contribution in [3.05, 3.63) is 35.9 Å². The Morgan fingerprint density at radius 1 is 1.45 bits per heavy atom. The number of hydrogen-bond donors (Lipinski definition) is 1. The van der Waals surface area contributed by atoms with Crippen molar-refractivity contribution >= 4 is 12.0 Å². The second-order valence-corrected chi connectivity index (χ2v) is 4.92. The van der Waals surface area contributed by atoms with Crippen molar-refractivity contribution in [2.75, 3.05) is 26.2 Å². The van der Waals surface area contributed by atoms with Gasteiger partial charge in [-0.3, -0.25) is 4.79 Å². The lowest BCUT2D eigenvalue weighted by molar-refractivity contribution is -0.128. The molecule has 20 heavy (non-hydrogen) atoms. The van der Waals surface area contributed by atoms with Crippen LogP contribution in [0.4, 0.5) is 0 Å². The first-order valence-corrected chi connectivity index (χ1v) is 7.13. The van der Waals surface area contributed by atoms with E-state index in [4.69, 9.17) is 4.74 Å². The van der Waals surface area contributed by atoms with Crippen LogP contribution >= 0.6 is 0 Å². The van der Waals surface area contributed by atoms with Crippen LogP contribution in [0.2, 0.25) is 0 Å². The maximum absolute atomic E-state index is 12.1. The second kappa shape index (κ2) is 7.10. The van der Waals surface area contributed by atoms with Crippen LogP contribution < -0.4 is 10.1 Å². The van der Waals surface area contributed by atoms with Gasteiger partial charge in [-0.05, 0) is 37.6 Å². The second-order valence-electron chi connectivity index (χ2n) is 4.92. The summed E-state index contributed by atoms with van der Waals surface area (Å²) >= 11 is 0. The molecule has 0 aromatic heterocycles. The van der Waals surface area contributed by atoms with Gasteiger partial charge in [0.05, 0.1) is 6.61 Å². The van der Waals surface area contributed by atoms with E-state index in [-0.39, 0.29) is 11.9 Å². The molecule has 108 valence electrons. The maximum atomic E-state index is 12.1. The quantitative estimate of drug-likeness (QED) is 0.853. The molecule has 4 heteroatoms. The molecule has 1 N–H and O–H groups in total. The van der Waals surface area contributed by atoms with E-state index in [0.29, 0.717) is 6.61 Å². The van der Waals surface area contributed by atoms with Crippen LogP contribution in [0.1, 0.15) is 19.4 Å². The molecule has 0 aliphatic carbocycles. The first-order valence-electron chi connectivity index (χ1n) is 7.13. The fraction of sp³-hybridized carbons (Fsp3) is 0.438. The average molecular weight is 274 g/mol. The zero-order valence-corrected chi connectivity index (χ0v) is 12.1. The van der Waals surface area contributed by atoms with Crippen molar-refractivity contribution in [3.63, 3.8) is 0 Å². The maximum Gasteiger partial charge on any atom is 0.246 e. The van der Waals surface area contributed by atoms with Crippen molar-refractivity contribution in [2.24, 2.45) is 0 Å². The smallest absolute Gasteiger partial charge is 0.246 e. The summed E-state index contributed by atoms with van der Waals surface area (Å²) in [6, 6.07) is 8.00. The zero-order chi connectivity index (χ0) is 14.4. The van der Waals surface area contributed by atoms with Crippen LogP contribution in [0.25, 0.3) is 6.08 Å². The van der Waals surface area contributed by atoms with E-state index in [0.717, 1.165) is 30.9 Å². The van der Waals surface area contributed by atoms with Gasteiger partial charge in [0.2, 0.25) is 5.91 Å². The van der Waals surface area contributed by atoms with Gasteiger partial charge in [0, 0.05) is 31.8 Å². The van der Waals surface area contributed by atoms with E-state index in [1.807, 2.05) is 42.2 Å². The molecule has 1 atom stereocenters. The molecule has 1 fully saturated rings. The summed E-state index contributed by atoms with van der Waals surface area (Å²) in [6.07, 6.45) is 3.50. The molecule has 1 amide bonds.